The van der Waals surface area contributed by atoms with Crippen LogP contribution < -0.4 is 14.4 Å². The molecule has 2 rings (SSSR count). The van der Waals surface area contributed by atoms with Crippen molar-refractivity contribution in [3.8, 4) is 17.6 Å². The molecule has 0 bridgehead atoms. The van der Waals surface area contributed by atoms with Crippen molar-refractivity contribution in [2.45, 2.75) is 19.9 Å². The molecule has 0 heterocycles. The second kappa shape index (κ2) is 11.0. The second-order valence-electron chi connectivity index (χ2n) is 6.28. The number of amides is 1. The molecule has 0 unspecified atom stereocenters. The Morgan fingerprint density at radius 2 is 1.79 bits per heavy atom. The largest absolute Gasteiger partial charge is 0.493 e. The van der Waals surface area contributed by atoms with Gasteiger partial charge in [-0.25, -0.2) is 0 Å². The van der Waals surface area contributed by atoms with Gasteiger partial charge in [-0.2, -0.15) is 5.26 Å². The van der Waals surface area contributed by atoms with E-state index < -0.39 is 0 Å². The Balaban J connectivity index is 2.11. The maximum atomic E-state index is 13.0. The summed E-state index contributed by atoms with van der Waals surface area (Å²) in [4.78, 5) is 16.7. The molecule has 0 saturated heterocycles. The lowest BCUT2D eigenvalue weighted by Gasteiger charge is -2.26. The average Bonchev–Trinajstić information content (AvgIpc) is 2.74. The van der Waals surface area contributed by atoms with E-state index in [1.54, 1.807) is 19.1 Å². The van der Waals surface area contributed by atoms with Crippen LogP contribution >= 0.6 is 0 Å². The summed E-state index contributed by atoms with van der Waals surface area (Å²) in [6.45, 7) is 4.01. The van der Waals surface area contributed by atoms with Crippen LogP contribution in [0.15, 0.2) is 48.5 Å². The lowest BCUT2D eigenvalue weighted by atomic mass is 10.2. The molecule has 28 heavy (non-hydrogen) atoms. The molecule has 0 N–H and O–H groups in total. The fraction of sp³-hybridized carbons (Fsp3) is 0.364. The predicted molar refractivity (Wildman–Crippen MR) is 110 cm³/mol. The van der Waals surface area contributed by atoms with E-state index in [4.69, 9.17) is 14.7 Å². The summed E-state index contributed by atoms with van der Waals surface area (Å²) < 4.78 is 10.6. The molecule has 0 atom stereocenters. The van der Waals surface area contributed by atoms with Gasteiger partial charge in [-0.05, 0) is 36.4 Å². The number of hydrogen-bond acceptors (Lipinski definition) is 5. The number of rotatable bonds is 10. The van der Waals surface area contributed by atoms with Gasteiger partial charge in [0, 0.05) is 18.8 Å². The van der Waals surface area contributed by atoms with Gasteiger partial charge in [0.25, 0.3) is 0 Å². The van der Waals surface area contributed by atoms with Crippen LogP contribution in [-0.2, 0) is 11.3 Å². The van der Waals surface area contributed by atoms with Crippen molar-refractivity contribution < 1.29 is 14.3 Å². The molecule has 0 saturated carbocycles. The minimum Gasteiger partial charge on any atom is -0.493 e. The van der Waals surface area contributed by atoms with Gasteiger partial charge in [0.1, 0.15) is 0 Å². The van der Waals surface area contributed by atoms with Crippen LogP contribution in [0.4, 0.5) is 5.69 Å². The Morgan fingerprint density at radius 3 is 2.39 bits per heavy atom. The van der Waals surface area contributed by atoms with Crippen LogP contribution in [0.5, 0.6) is 11.5 Å². The number of anilines is 1. The fourth-order valence-corrected chi connectivity index (χ4v) is 2.96. The summed E-state index contributed by atoms with van der Waals surface area (Å²) in [5, 5.41) is 8.94. The number of hydrogen-bond donors (Lipinski definition) is 0. The zero-order valence-electron chi connectivity index (χ0n) is 16.7. The molecule has 6 heteroatoms. The van der Waals surface area contributed by atoms with Crippen LogP contribution in [-0.4, -0.2) is 44.7 Å². The van der Waals surface area contributed by atoms with Gasteiger partial charge in [-0.1, -0.05) is 31.2 Å². The lowest BCUT2D eigenvalue weighted by molar-refractivity contribution is -0.119. The summed E-state index contributed by atoms with van der Waals surface area (Å²) in [5.41, 5.74) is 1.85. The van der Waals surface area contributed by atoms with Gasteiger partial charge in [-0.3, -0.25) is 9.69 Å². The van der Waals surface area contributed by atoms with Crippen molar-refractivity contribution in [3.05, 3.63) is 54.1 Å². The Hall–Kier alpha value is -3.04. The number of carbonyl (C=O) groups excluding carboxylic acids is 1. The third-order valence-electron chi connectivity index (χ3n) is 4.48. The third-order valence-corrected chi connectivity index (χ3v) is 4.48. The van der Waals surface area contributed by atoms with Crippen LogP contribution in [0.25, 0.3) is 0 Å². The Kier molecular flexibility index (Phi) is 8.32. The first-order valence-electron chi connectivity index (χ1n) is 9.28. The Bertz CT molecular complexity index is 802. The van der Waals surface area contributed by atoms with E-state index in [1.807, 2.05) is 55.5 Å². The number of nitrogens with zero attached hydrogens (tertiary/aromatic N) is 3. The van der Waals surface area contributed by atoms with Gasteiger partial charge in [0.05, 0.1) is 33.3 Å². The smallest absolute Gasteiger partial charge is 0.241 e. The molecule has 0 aliphatic rings. The molecular formula is C22H27N3O3. The second-order valence-corrected chi connectivity index (χ2v) is 6.28. The third kappa shape index (κ3) is 5.73. The first kappa shape index (κ1) is 21.3. The SMILES string of the molecule is CCN(CC(=O)N(CCC#N)c1ccccc1)Cc1ccc(OC)c(OC)c1. The van der Waals surface area contributed by atoms with Crippen molar-refractivity contribution in [1.82, 2.24) is 4.90 Å². The first-order chi connectivity index (χ1) is 13.6. The van der Waals surface area contributed by atoms with Crippen molar-refractivity contribution in [1.29, 1.82) is 5.26 Å². The average molecular weight is 381 g/mol. The standard InChI is InChI=1S/C22H27N3O3/c1-4-24(16-18-11-12-20(27-2)21(15-18)28-3)17-22(26)25(14-8-13-23)19-9-6-5-7-10-19/h5-7,9-12,15H,4,8,14,16-17H2,1-3H3. The summed E-state index contributed by atoms with van der Waals surface area (Å²) in [7, 11) is 3.21. The highest BCUT2D eigenvalue weighted by Gasteiger charge is 2.18. The van der Waals surface area contributed by atoms with Crippen LogP contribution in [0.1, 0.15) is 18.9 Å². The number of para-hydroxylation sites is 1. The van der Waals surface area contributed by atoms with Crippen molar-refractivity contribution in [2.75, 3.05) is 38.8 Å². The highest BCUT2D eigenvalue weighted by Crippen LogP contribution is 2.28. The molecule has 1 amide bonds. The number of benzene rings is 2. The quantitative estimate of drug-likeness (QED) is 0.630. The monoisotopic (exact) mass is 381 g/mol. The molecule has 0 aliphatic heterocycles. The van der Waals surface area contributed by atoms with Gasteiger partial charge in [0.2, 0.25) is 5.91 Å². The van der Waals surface area contributed by atoms with Gasteiger partial charge < -0.3 is 14.4 Å². The summed E-state index contributed by atoms with van der Waals surface area (Å²) in [6, 6.07) is 17.4. The zero-order chi connectivity index (χ0) is 20.4. The molecule has 0 aliphatic carbocycles. The zero-order valence-corrected chi connectivity index (χ0v) is 16.7. The maximum absolute atomic E-state index is 13.0. The van der Waals surface area contributed by atoms with Crippen LogP contribution in [0.3, 0.4) is 0 Å². The molecule has 6 nitrogen and oxygen atoms in total. The molecule has 0 spiro atoms. The van der Waals surface area contributed by atoms with Crippen LogP contribution in [0.2, 0.25) is 0 Å². The Labute approximate surface area is 166 Å². The van der Waals surface area contributed by atoms with Gasteiger partial charge in [-0.15, -0.1) is 0 Å². The van der Waals surface area contributed by atoms with E-state index >= 15 is 0 Å². The first-order valence-corrected chi connectivity index (χ1v) is 9.28. The van der Waals surface area contributed by atoms with E-state index in [1.165, 1.54) is 0 Å². The minimum absolute atomic E-state index is 0.0243. The number of nitriles is 1. The van der Waals surface area contributed by atoms with Crippen molar-refractivity contribution in [2.24, 2.45) is 0 Å². The van der Waals surface area contributed by atoms with Crippen molar-refractivity contribution in [3.63, 3.8) is 0 Å². The molecule has 148 valence electrons. The molecule has 0 fully saturated rings. The predicted octanol–water partition coefficient (Wildman–Crippen LogP) is 3.47. The van der Waals surface area contributed by atoms with Gasteiger partial charge in [0.15, 0.2) is 11.5 Å². The van der Waals surface area contributed by atoms with E-state index in [9.17, 15) is 4.79 Å². The summed E-state index contributed by atoms with van der Waals surface area (Å²) >= 11 is 0. The molecule has 2 aromatic rings. The highest BCUT2D eigenvalue weighted by atomic mass is 16.5. The fourth-order valence-electron chi connectivity index (χ4n) is 2.96. The number of methoxy groups -OCH3 is 2. The minimum atomic E-state index is -0.0243. The maximum Gasteiger partial charge on any atom is 0.241 e. The highest BCUT2D eigenvalue weighted by molar-refractivity contribution is 5.94. The normalized spacial score (nSPS) is 10.4. The van der Waals surface area contributed by atoms with E-state index in [0.717, 1.165) is 17.8 Å². The molecule has 0 aromatic heterocycles. The summed E-state index contributed by atoms with van der Waals surface area (Å²) in [5.74, 6) is 1.32. The Morgan fingerprint density at radius 1 is 1.07 bits per heavy atom. The van der Waals surface area contributed by atoms with E-state index in [0.29, 0.717) is 31.0 Å². The molecule has 2 aromatic carbocycles. The van der Waals surface area contributed by atoms with Crippen molar-refractivity contribution >= 4 is 11.6 Å². The number of carbonyl (C=O) groups is 1. The van der Waals surface area contributed by atoms with Crippen LogP contribution in [0, 0.1) is 11.3 Å². The lowest BCUT2D eigenvalue weighted by Crippen LogP contribution is -2.40. The topological polar surface area (TPSA) is 65.8 Å². The van der Waals surface area contributed by atoms with E-state index in [-0.39, 0.29) is 12.5 Å². The van der Waals surface area contributed by atoms with Gasteiger partial charge >= 0.3 is 0 Å². The van der Waals surface area contributed by atoms with E-state index in [2.05, 4.69) is 11.0 Å². The number of likely N-dealkylation sites (N-methyl/N-ethyl adjacent to an activating group) is 1. The molecular weight excluding hydrogens is 354 g/mol. The molecule has 0 radical (unpaired) electrons. The summed E-state index contributed by atoms with van der Waals surface area (Å²) in [6.07, 6.45) is 0.294. The number of ether oxygens (including phenoxy) is 2.